The van der Waals surface area contributed by atoms with Crippen LogP contribution in [0, 0.1) is 5.82 Å². The maximum Gasteiger partial charge on any atom is 0.294 e. The Morgan fingerprint density at radius 1 is 1.15 bits per heavy atom. The number of para-hydroxylation sites is 2. The smallest absolute Gasteiger partial charge is 0.294 e. The number of anilines is 1. The van der Waals surface area contributed by atoms with Crippen molar-refractivity contribution in [2.24, 2.45) is 0 Å². The highest BCUT2D eigenvalue weighted by molar-refractivity contribution is 7.99. The minimum Gasteiger partial charge on any atom is -0.449 e. The lowest BCUT2D eigenvalue weighted by Crippen LogP contribution is -2.44. The number of carbonyl (C=O) groups excluding carboxylic acids is 2. The summed E-state index contributed by atoms with van der Waals surface area (Å²) < 4.78 is 19.3. The Morgan fingerprint density at radius 2 is 1.97 bits per heavy atom. The van der Waals surface area contributed by atoms with Crippen molar-refractivity contribution >= 4 is 35.3 Å². The Balaban J connectivity index is 1.36. The average molecular weight is 469 g/mol. The molecule has 4 rings (SSSR count). The highest BCUT2D eigenvalue weighted by atomic mass is 32.2. The first-order valence-corrected chi connectivity index (χ1v) is 12.6. The number of fused-ring (bicyclic) bond motifs is 1. The molecule has 1 aliphatic carbocycles. The van der Waals surface area contributed by atoms with Crippen molar-refractivity contribution in [3.05, 3.63) is 65.7 Å². The fourth-order valence-corrected chi connectivity index (χ4v) is 5.46. The van der Waals surface area contributed by atoms with Crippen LogP contribution in [-0.4, -0.2) is 35.9 Å². The third kappa shape index (κ3) is 6.38. The van der Waals surface area contributed by atoms with Gasteiger partial charge in [0.15, 0.2) is 11.5 Å². The second kappa shape index (κ2) is 11.4. The number of nitrogens with zero attached hydrogens (tertiary/aromatic N) is 1. The summed E-state index contributed by atoms with van der Waals surface area (Å²) in [6, 6.07) is 13.0. The Labute approximate surface area is 198 Å². The van der Waals surface area contributed by atoms with Crippen molar-refractivity contribution in [2.75, 3.05) is 23.7 Å². The molecule has 0 bridgehead atoms. The number of nitrogens with one attached hydrogen (secondary N) is 1. The molecule has 2 amide bonds. The van der Waals surface area contributed by atoms with Gasteiger partial charge in [-0.3, -0.25) is 14.5 Å². The molecular weight excluding hydrogens is 439 g/mol. The molecule has 0 saturated heterocycles. The highest BCUT2D eigenvalue weighted by Gasteiger charge is 2.31. The molecule has 1 N–H and O–H groups in total. The first-order chi connectivity index (χ1) is 16.1. The van der Waals surface area contributed by atoms with Gasteiger partial charge in [0.1, 0.15) is 12.4 Å². The molecule has 33 heavy (non-hydrogen) atoms. The van der Waals surface area contributed by atoms with E-state index in [1.807, 2.05) is 11.8 Å². The number of amides is 2. The number of carbonyl (C=O) groups is 2. The number of hydrogen-bond acceptors (Lipinski definition) is 4. The summed E-state index contributed by atoms with van der Waals surface area (Å²) in [4.78, 5) is 27.2. The Bertz CT molecular complexity index is 1020. The van der Waals surface area contributed by atoms with E-state index in [2.05, 4.69) is 5.32 Å². The Morgan fingerprint density at radius 3 is 2.79 bits per heavy atom. The van der Waals surface area contributed by atoms with E-state index < -0.39 is 11.7 Å². The van der Waals surface area contributed by atoms with Gasteiger partial charge in [0.25, 0.3) is 5.91 Å². The summed E-state index contributed by atoms with van der Waals surface area (Å²) in [6.07, 6.45) is 9.04. The van der Waals surface area contributed by atoms with Gasteiger partial charge in [-0.25, -0.2) is 4.39 Å². The zero-order valence-corrected chi connectivity index (χ0v) is 19.4. The molecule has 1 saturated carbocycles. The zero-order chi connectivity index (χ0) is 23.0. The lowest BCUT2D eigenvalue weighted by atomic mass is 10.0. The topological polar surface area (TPSA) is 58.6 Å². The third-order valence-electron chi connectivity index (χ3n) is 5.83. The van der Waals surface area contributed by atoms with Crippen molar-refractivity contribution in [2.45, 2.75) is 43.8 Å². The molecule has 0 aromatic heterocycles. The molecule has 7 heteroatoms. The predicted molar refractivity (Wildman–Crippen MR) is 131 cm³/mol. The van der Waals surface area contributed by atoms with Crippen LogP contribution in [-0.2, 0) is 9.59 Å². The molecule has 0 unspecified atom stereocenters. The van der Waals surface area contributed by atoms with Crippen LogP contribution in [0.4, 0.5) is 10.1 Å². The highest BCUT2D eigenvalue weighted by Crippen LogP contribution is 2.35. The summed E-state index contributed by atoms with van der Waals surface area (Å²) in [7, 11) is 0. The minimum absolute atomic E-state index is 0.0518. The van der Waals surface area contributed by atoms with Crippen molar-refractivity contribution in [3.63, 3.8) is 0 Å². The van der Waals surface area contributed by atoms with Gasteiger partial charge in [-0.05, 0) is 60.9 Å². The number of ether oxygens (including phenoxy) is 1. The molecule has 0 radical (unpaired) electrons. The maximum absolute atomic E-state index is 13.6. The monoisotopic (exact) mass is 468 g/mol. The van der Waals surface area contributed by atoms with Crippen LogP contribution >= 0.6 is 11.8 Å². The minimum atomic E-state index is -0.430. The van der Waals surface area contributed by atoms with E-state index in [1.165, 1.54) is 55.2 Å². The van der Waals surface area contributed by atoms with Crippen LogP contribution < -0.4 is 15.0 Å². The molecule has 2 aromatic carbocycles. The van der Waals surface area contributed by atoms with Gasteiger partial charge >= 0.3 is 0 Å². The lowest BCUT2D eigenvalue weighted by Gasteiger charge is -2.30. The molecule has 174 valence electrons. The molecular formula is C26H29FN2O3S. The molecule has 1 fully saturated rings. The van der Waals surface area contributed by atoms with Gasteiger partial charge in [0, 0.05) is 11.8 Å². The van der Waals surface area contributed by atoms with Gasteiger partial charge in [0.05, 0.1) is 5.69 Å². The Kier molecular flexibility index (Phi) is 8.05. The number of thioether (sulfide) groups is 1. The van der Waals surface area contributed by atoms with Gasteiger partial charge in [0.2, 0.25) is 5.91 Å². The standard InChI is InChI=1S/C26H29FN2O3S/c27-20-9-6-8-19(16-20)17-24-26(31)29(22-12-4-5-13-23(22)32-24)18-25(30)28-14-7-15-33-21-10-2-1-3-11-21/h4-6,8-9,12-13,16-17,21H,1-3,7,10-11,14-15,18H2,(H,28,30)/b24-17+. The summed E-state index contributed by atoms with van der Waals surface area (Å²) in [5.41, 5.74) is 1.06. The van der Waals surface area contributed by atoms with E-state index in [1.54, 1.807) is 36.4 Å². The number of halogens is 1. The quantitative estimate of drug-likeness (QED) is 0.429. The molecule has 2 aromatic rings. The number of hydrogen-bond donors (Lipinski definition) is 1. The zero-order valence-electron chi connectivity index (χ0n) is 18.6. The van der Waals surface area contributed by atoms with Crippen molar-refractivity contribution in [3.8, 4) is 5.75 Å². The molecule has 0 spiro atoms. The summed E-state index contributed by atoms with van der Waals surface area (Å²) in [5.74, 6) is 0.525. The first-order valence-electron chi connectivity index (χ1n) is 11.5. The van der Waals surface area contributed by atoms with Crippen LogP contribution in [0.5, 0.6) is 5.75 Å². The third-order valence-corrected chi connectivity index (χ3v) is 7.30. The van der Waals surface area contributed by atoms with E-state index in [9.17, 15) is 14.0 Å². The summed E-state index contributed by atoms with van der Waals surface area (Å²) in [6.45, 7) is 0.486. The second-order valence-corrected chi connectivity index (χ2v) is 9.77. The lowest BCUT2D eigenvalue weighted by molar-refractivity contribution is -0.123. The first kappa shape index (κ1) is 23.4. The fraction of sp³-hybridized carbons (Fsp3) is 0.385. The van der Waals surface area contributed by atoms with Crippen LogP contribution in [0.3, 0.4) is 0 Å². The van der Waals surface area contributed by atoms with Crippen LogP contribution in [0.1, 0.15) is 44.1 Å². The summed E-state index contributed by atoms with van der Waals surface area (Å²) >= 11 is 2.01. The number of rotatable bonds is 8. The molecule has 5 nitrogen and oxygen atoms in total. The van der Waals surface area contributed by atoms with Gasteiger partial charge in [-0.2, -0.15) is 11.8 Å². The second-order valence-electron chi connectivity index (χ2n) is 8.36. The van der Waals surface area contributed by atoms with E-state index in [0.717, 1.165) is 17.4 Å². The predicted octanol–water partition coefficient (Wildman–Crippen LogP) is 5.16. The van der Waals surface area contributed by atoms with Crippen LogP contribution in [0.2, 0.25) is 0 Å². The van der Waals surface area contributed by atoms with Gasteiger partial charge in [-0.15, -0.1) is 0 Å². The van der Waals surface area contributed by atoms with Crippen LogP contribution in [0.15, 0.2) is 54.3 Å². The van der Waals surface area contributed by atoms with E-state index in [4.69, 9.17) is 4.74 Å². The molecule has 0 atom stereocenters. The van der Waals surface area contributed by atoms with E-state index in [0.29, 0.717) is 23.5 Å². The van der Waals surface area contributed by atoms with Crippen LogP contribution in [0.25, 0.3) is 6.08 Å². The molecule has 1 heterocycles. The van der Waals surface area contributed by atoms with E-state index >= 15 is 0 Å². The Hall–Kier alpha value is -2.80. The molecule has 2 aliphatic rings. The van der Waals surface area contributed by atoms with Crippen molar-refractivity contribution in [1.82, 2.24) is 5.32 Å². The van der Waals surface area contributed by atoms with Gasteiger partial charge < -0.3 is 10.1 Å². The van der Waals surface area contributed by atoms with E-state index in [-0.39, 0.29) is 18.2 Å². The number of benzene rings is 2. The maximum atomic E-state index is 13.6. The average Bonchev–Trinajstić information content (AvgIpc) is 2.82. The van der Waals surface area contributed by atoms with Crippen molar-refractivity contribution < 1.29 is 18.7 Å². The fourth-order valence-electron chi connectivity index (χ4n) is 4.15. The van der Waals surface area contributed by atoms with Crippen molar-refractivity contribution in [1.29, 1.82) is 0 Å². The van der Waals surface area contributed by atoms with Gasteiger partial charge in [-0.1, -0.05) is 43.5 Å². The summed E-state index contributed by atoms with van der Waals surface area (Å²) in [5, 5.41) is 3.70. The molecule has 1 aliphatic heterocycles. The largest absolute Gasteiger partial charge is 0.449 e. The SMILES string of the molecule is O=C(CN1C(=O)/C(=C\c2cccc(F)c2)Oc2ccccc21)NCCCSC1CCCCC1. The normalized spacial score (nSPS) is 17.5.